The predicted octanol–water partition coefficient (Wildman–Crippen LogP) is 2.46. The van der Waals surface area contributed by atoms with Crippen LogP contribution in [0.4, 0.5) is 0 Å². The summed E-state index contributed by atoms with van der Waals surface area (Å²) in [7, 11) is 0. The van der Waals surface area contributed by atoms with Gasteiger partial charge in [-0.15, -0.1) is 0 Å². The van der Waals surface area contributed by atoms with Crippen LogP contribution in [-0.4, -0.2) is 10.9 Å². The molecule has 0 aromatic carbocycles. The summed E-state index contributed by atoms with van der Waals surface area (Å²) in [6.07, 6.45) is 3.70. The minimum Gasteiger partial charge on any atom is -0.466 e. The number of hydrogen-bond donors (Lipinski definition) is 2. The third kappa shape index (κ3) is 2.25. The fraction of sp³-hybridized carbons (Fsp3) is 0.308. The largest absolute Gasteiger partial charge is 0.466 e. The number of aromatic nitrogens is 1. The number of amides is 1. The van der Waals surface area contributed by atoms with Crippen molar-refractivity contribution in [2.75, 3.05) is 0 Å². The Morgan fingerprint density at radius 1 is 1.35 bits per heavy atom. The van der Waals surface area contributed by atoms with Crippen LogP contribution in [0.25, 0.3) is 0 Å². The zero-order valence-corrected chi connectivity index (χ0v) is 10.3. The molecule has 1 amide bonds. The van der Waals surface area contributed by atoms with E-state index >= 15 is 0 Å². The highest BCUT2D eigenvalue weighted by atomic mass is 16.3. The van der Waals surface area contributed by atoms with Crippen molar-refractivity contribution in [2.24, 2.45) is 0 Å². The summed E-state index contributed by atoms with van der Waals surface area (Å²) in [4.78, 5) is 15.0. The van der Waals surface area contributed by atoms with Crippen LogP contribution in [0.3, 0.4) is 0 Å². The summed E-state index contributed by atoms with van der Waals surface area (Å²) < 4.78 is 5.44. The Balaban J connectivity index is 2.10. The normalized spacial score (nSPS) is 10.5. The second-order valence-electron chi connectivity index (χ2n) is 4.12. The van der Waals surface area contributed by atoms with Crippen LogP contribution in [0, 0.1) is 20.8 Å². The highest BCUT2D eigenvalue weighted by Crippen LogP contribution is 2.20. The quantitative estimate of drug-likeness (QED) is 0.854. The molecular weight excluding hydrogens is 216 g/mol. The van der Waals surface area contributed by atoms with Crippen LogP contribution < -0.4 is 5.32 Å². The van der Waals surface area contributed by atoms with Crippen molar-refractivity contribution < 1.29 is 9.21 Å². The Morgan fingerprint density at radius 2 is 2.12 bits per heavy atom. The highest BCUT2D eigenvalue weighted by molar-refractivity contribution is 5.96. The van der Waals surface area contributed by atoms with Gasteiger partial charge in [-0.05, 0) is 32.4 Å². The van der Waals surface area contributed by atoms with E-state index in [0.717, 1.165) is 16.9 Å². The lowest BCUT2D eigenvalue weighted by Gasteiger charge is -2.03. The highest BCUT2D eigenvalue weighted by Gasteiger charge is 2.17. The van der Waals surface area contributed by atoms with Crippen LogP contribution >= 0.6 is 0 Å². The van der Waals surface area contributed by atoms with Crippen molar-refractivity contribution in [1.82, 2.24) is 10.3 Å². The van der Waals surface area contributed by atoms with Gasteiger partial charge in [-0.25, -0.2) is 0 Å². The lowest BCUT2D eigenvalue weighted by atomic mass is 10.1. The van der Waals surface area contributed by atoms with E-state index in [1.807, 2.05) is 39.2 Å². The van der Waals surface area contributed by atoms with Crippen molar-refractivity contribution in [3.63, 3.8) is 0 Å². The molecule has 0 aliphatic carbocycles. The van der Waals surface area contributed by atoms with Gasteiger partial charge in [0.25, 0.3) is 5.91 Å². The van der Waals surface area contributed by atoms with Gasteiger partial charge in [0.1, 0.15) is 11.5 Å². The minimum absolute atomic E-state index is 0.0851. The zero-order chi connectivity index (χ0) is 12.4. The van der Waals surface area contributed by atoms with Gasteiger partial charge >= 0.3 is 0 Å². The molecule has 0 atom stereocenters. The van der Waals surface area contributed by atoms with Crippen LogP contribution in [0.1, 0.15) is 33.0 Å². The molecule has 2 heterocycles. The van der Waals surface area contributed by atoms with Gasteiger partial charge in [0.15, 0.2) is 0 Å². The first-order chi connectivity index (χ1) is 8.09. The Bertz CT molecular complexity index is 524. The smallest absolute Gasteiger partial charge is 0.255 e. The van der Waals surface area contributed by atoms with Crippen molar-refractivity contribution in [2.45, 2.75) is 27.3 Å². The molecule has 2 rings (SSSR count). The maximum absolute atomic E-state index is 12.0. The maximum Gasteiger partial charge on any atom is 0.255 e. The lowest BCUT2D eigenvalue weighted by Crippen LogP contribution is -2.23. The molecular formula is C13H16N2O2. The Labute approximate surface area is 100 Å². The molecule has 2 aromatic rings. The first-order valence-corrected chi connectivity index (χ1v) is 5.56. The molecule has 4 heteroatoms. The summed E-state index contributed by atoms with van der Waals surface area (Å²) in [6, 6.07) is 1.93. The predicted molar refractivity (Wildman–Crippen MR) is 64.9 cm³/mol. The molecule has 90 valence electrons. The van der Waals surface area contributed by atoms with E-state index in [0.29, 0.717) is 17.9 Å². The molecule has 0 saturated heterocycles. The molecule has 4 nitrogen and oxygen atoms in total. The van der Waals surface area contributed by atoms with Crippen molar-refractivity contribution in [1.29, 1.82) is 0 Å². The molecule has 0 aliphatic heterocycles. The van der Waals surface area contributed by atoms with Crippen LogP contribution in [-0.2, 0) is 6.54 Å². The second-order valence-corrected chi connectivity index (χ2v) is 4.12. The summed E-state index contributed by atoms with van der Waals surface area (Å²) in [6.45, 7) is 6.10. The minimum atomic E-state index is -0.0851. The van der Waals surface area contributed by atoms with Crippen LogP contribution in [0.15, 0.2) is 22.9 Å². The van der Waals surface area contributed by atoms with E-state index < -0.39 is 0 Å². The fourth-order valence-electron chi connectivity index (χ4n) is 1.87. The summed E-state index contributed by atoms with van der Waals surface area (Å²) in [5.41, 5.74) is 2.61. The maximum atomic E-state index is 12.0. The van der Waals surface area contributed by atoms with Gasteiger partial charge in [-0.3, -0.25) is 4.79 Å². The van der Waals surface area contributed by atoms with Crippen molar-refractivity contribution in [3.05, 3.63) is 46.7 Å². The third-order valence-electron chi connectivity index (χ3n) is 2.90. The van der Waals surface area contributed by atoms with Crippen molar-refractivity contribution >= 4 is 5.91 Å². The average Bonchev–Trinajstić information content (AvgIpc) is 2.86. The monoisotopic (exact) mass is 232 g/mol. The third-order valence-corrected chi connectivity index (χ3v) is 2.90. The van der Waals surface area contributed by atoms with Gasteiger partial charge in [-0.2, -0.15) is 0 Å². The van der Waals surface area contributed by atoms with Gasteiger partial charge in [0.2, 0.25) is 0 Å². The molecule has 0 aliphatic rings. The first kappa shape index (κ1) is 11.5. The number of furan rings is 1. The molecule has 17 heavy (non-hydrogen) atoms. The molecule has 0 spiro atoms. The Kier molecular flexibility index (Phi) is 3.04. The van der Waals surface area contributed by atoms with E-state index in [1.165, 1.54) is 0 Å². The molecule has 0 saturated carbocycles. The summed E-state index contributed by atoms with van der Waals surface area (Å²) in [5.74, 6) is 1.39. The SMILES string of the molecule is Cc1oc(C)c(C(=O)NCc2cc[nH]c2)c1C. The number of aromatic amines is 1. The molecule has 0 unspecified atom stereocenters. The molecule has 0 radical (unpaired) electrons. The number of rotatable bonds is 3. The molecule has 0 fully saturated rings. The zero-order valence-electron chi connectivity index (χ0n) is 10.3. The standard InChI is InChI=1S/C13H16N2O2/c1-8-9(2)17-10(3)12(8)13(16)15-7-11-4-5-14-6-11/h4-6,14H,7H2,1-3H3,(H,15,16). The van der Waals surface area contributed by atoms with Gasteiger partial charge in [-0.1, -0.05) is 0 Å². The molecule has 0 bridgehead atoms. The Morgan fingerprint density at radius 3 is 2.65 bits per heavy atom. The van der Waals surface area contributed by atoms with E-state index in [9.17, 15) is 4.79 Å². The number of H-pyrrole nitrogens is 1. The summed E-state index contributed by atoms with van der Waals surface area (Å²) in [5, 5.41) is 2.88. The van der Waals surface area contributed by atoms with E-state index in [4.69, 9.17) is 4.42 Å². The van der Waals surface area contributed by atoms with Gasteiger partial charge < -0.3 is 14.7 Å². The van der Waals surface area contributed by atoms with Gasteiger partial charge in [0.05, 0.1) is 5.56 Å². The van der Waals surface area contributed by atoms with Crippen molar-refractivity contribution in [3.8, 4) is 0 Å². The average molecular weight is 232 g/mol. The second kappa shape index (κ2) is 4.49. The van der Waals surface area contributed by atoms with E-state index in [-0.39, 0.29) is 5.91 Å². The van der Waals surface area contributed by atoms with Crippen LogP contribution in [0.2, 0.25) is 0 Å². The van der Waals surface area contributed by atoms with E-state index in [1.54, 1.807) is 0 Å². The van der Waals surface area contributed by atoms with Gasteiger partial charge in [0, 0.05) is 24.5 Å². The number of carbonyl (C=O) groups excluding carboxylic acids is 1. The topological polar surface area (TPSA) is 58.0 Å². The lowest BCUT2D eigenvalue weighted by molar-refractivity contribution is 0.0949. The number of aryl methyl sites for hydroxylation is 2. The number of nitrogens with one attached hydrogen (secondary N) is 2. The molecule has 2 aromatic heterocycles. The van der Waals surface area contributed by atoms with Crippen LogP contribution in [0.5, 0.6) is 0 Å². The summed E-state index contributed by atoms with van der Waals surface area (Å²) >= 11 is 0. The van der Waals surface area contributed by atoms with E-state index in [2.05, 4.69) is 10.3 Å². The number of carbonyl (C=O) groups is 1. The first-order valence-electron chi connectivity index (χ1n) is 5.56. The molecule has 2 N–H and O–H groups in total. The number of hydrogen-bond acceptors (Lipinski definition) is 2. The fourth-order valence-corrected chi connectivity index (χ4v) is 1.87. The Hall–Kier alpha value is -1.97.